The fraction of sp³-hybridized carbons (Fsp3) is 0.407. The van der Waals surface area contributed by atoms with Crippen LogP contribution in [0.4, 0.5) is 11.5 Å². The lowest BCUT2D eigenvalue weighted by atomic mass is 9.96. The number of aromatic nitrogens is 1. The first-order chi connectivity index (χ1) is 17.3. The summed E-state index contributed by atoms with van der Waals surface area (Å²) in [6, 6.07) is 15.0. The monoisotopic (exact) mass is 508 g/mol. The minimum Gasteiger partial charge on any atom is -0.379 e. The first kappa shape index (κ1) is 24.7. The Morgan fingerprint density at radius 1 is 1.00 bits per heavy atom. The number of sulfonamides is 1. The number of aryl methyl sites for hydroxylation is 2. The molecule has 2 aliphatic heterocycles. The Bertz CT molecular complexity index is 1370. The maximum Gasteiger partial charge on any atom is 0.243 e. The predicted octanol–water partition coefficient (Wildman–Crippen LogP) is 3.73. The van der Waals surface area contributed by atoms with Gasteiger partial charge in [-0.1, -0.05) is 6.07 Å². The van der Waals surface area contributed by atoms with Crippen molar-refractivity contribution in [3.8, 4) is 0 Å². The van der Waals surface area contributed by atoms with E-state index in [9.17, 15) is 13.2 Å². The topological polar surface area (TPSA) is 91.8 Å². The highest BCUT2D eigenvalue weighted by atomic mass is 32.2. The Morgan fingerprint density at radius 3 is 2.50 bits per heavy atom. The van der Waals surface area contributed by atoms with Gasteiger partial charge in [0.15, 0.2) is 0 Å². The summed E-state index contributed by atoms with van der Waals surface area (Å²) in [5.74, 6) is 0.705. The second-order valence-corrected chi connectivity index (χ2v) is 11.6. The smallest absolute Gasteiger partial charge is 0.243 e. The molecule has 0 bridgehead atoms. The normalized spacial score (nSPS) is 19.4. The average molecular weight is 509 g/mol. The zero-order valence-corrected chi connectivity index (χ0v) is 21.6. The number of fused-ring (bicyclic) bond motifs is 1. The molecule has 2 saturated heterocycles. The lowest BCUT2D eigenvalue weighted by Gasteiger charge is -2.33. The van der Waals surface area contributed by atoms with Crippen LogP contribution in [-0.4, -0.2) is 63.0 Å². The standard InChI is InChI=1S/C27H32N4O4S/c1-19-14-20(2)16-23(15-19)28-27(32)22-4-3-9-30(18-22)26-8-5-21-17-24(6-7-25(21)29-26)36(33,34)31-10-12-35-13-11-31/h5-8,14-17,22H,3-4,9-13,18H2,1-2H3,(H,28,32)/t22-/m0/s1. The van der Waals surface area contributed by atoms with E-state index in [4.69, 9.17) is 9.72 Å². The summed E-state index contributed by atoms with van der Waals surface area (Å²) in [7, 11) is -3.56. The molecule has 5 rings (SSSR count). The molecule has 1 N–H and O–H groups in total. The van der Waals surface area contributed by atoms with Gasteiger partial charge in [-0.25, -0.2) is 13.4 Å². The molecule has 0 aliphatic carbocycles. The molecule has 2 fully saturated rings. The first-order valence-electron chi connectivity index (χ1n) is 12.4. The highest BCUT2D eigenvalue weighted by Crippen LogP contribution is 2.27. The fourth-order valence-corrected chi connectivity index (χ4v) is 6.50. The summed E-state index contributed by atoms with van der Waals surface area (Å²) < 4.78 is 32.8. The fourth-order valence-electron chi connectivity index (χ4n) is 5.06. The van der Waals surface area contributed by atoms with Crippen molar-refractivity contribution in [1.82, 2.24) is 9.29 Å². The Morgan fingerprint density at radius 2 is 1.75 bits per heavy atom. The summed E-state index contributed by atoms with van der Waals surface area (Å²) >= 11 is 0. The quantitative estimate of drug-likeness (QED) is 0.565. The van der Waals surface area contributed by atoms with Crippen molar-refractivity contribution >= 4 is 38.3 Å². The van der Waals surface area contributed by atoms with Crippen molar-refractivity contribution in [3.63, 3.8) is 0 Å². The molecule has 1 aromatic heterocycles. The summed E-state index contributed by atoms with van der Waals surface area (Å²) in [6.07, 6.45) is 1.74. The summed E-state index contributed by atoms with van der Waals surface area (Å²) in [4.78, 5) is 20.2. The van der Waals surface area contributed by atoms with Gasteiger partial charge in [0.25, 0.3) is 0 Å². The number of amides is 1. The number of hydrogen-bond donors (Lipinski definition) is 1. The van der Waals surface area contributed by atoms with E-state index in [1.165, 1.54) is 4.31 Å². The van der Waals surface area contributed by atoms with Crippen molar-refractivity contribution in [1.29, 1.82) is 0 Å². The van der Waals surface area contributed by atoms with Gasteiger partial charge in [-0.15, -0.1) is 0 Å². The number of nitrogens with zero attached hydrogens (tertiary/aromatic N) is 3. The van der Waals surface area contributed by atoms with Gasteiger partial charge in [0.05, 0.1) is 29.5 Å². The van der Waals surface area contributed by atoms with E-state index in [1.807, 2.05) is 38.1 Å². The van der Waals surface area contributed by atoms with Gasteiger partial charge < -0.3 is 15.0 Å². The molecule has 3 aromatic rings. The zero-order chi connectivity index (χ0) is 25.3. The molecule has 0 spiro atoms. The lowest BCUT2D eigenvalue weighted by Crippen LogP contribution is -2.41. The number of hydrogen-bond acceptors (Lipinski definition) is 6. The second kappa shape index (κ2) is 10.2. The van der Waals surface area contributed by atoms with E-state index in [1.54, 1.807) is 18.2 Å². The third-order valence-electron chi connectivity index (χ3n) is 6.86. The van der Waals surface area contributed by atoms with Crippen LogP contribution in [-0.2, 0) is 19.6 Å². The summed E-state index contributed by atoms with van der Waals surface area (Å²) in [6.45, 7) is 7.03. The van der Waals surface area contributed by atoms with Crippen LogP contribution in [0.3, 0.4) is 0 Å². The van der Waals surface area contributed by atoms with E-state index in [0.29, 0.717) is 32.8 Å². The molecular weight excluding hydrogens is 476 g/mol. The van der Waals surface area contributed by atoms with E-state index >= 15 is 0 Å². The number of ether oxygens (including phenoxy) is 1. The molecular formula is C27H32N4O4S. The molecule has 9 heteroatoms. The molecule has 190 valence electrons. The van der Waals surface area contributed by atoms with Crippen molar-refractivity contribution in [3.05, 3.63) is 59.7 Å². The van der Waals surface area contributed by atoms with Gasteiger partial charge in [-0.2, -0.15) is 4.31 Å². The van der Waals surface area contributed by atoms with Gasteiger partial charge >= 0.3 is 0 Å². The minimum absolute atomic E-state index is 0.0310. The van der Waals surface area contributed by atoms with Crippen molar-refractivity contribution in [2.45, 2.75) is 31.6 Å². The minimum atomic E-state index is -3.56. The second-order valence-electron chi connectivity index (χ2n) is 9.69. The van der Waals surface area contributed by atoms with E-state index in [2.05, 4.69) is 16.3 Å². The van der Waals surface area contributed by atoms with Crippen LogP contribution in [0.1, 0.15) is 24.0 Å². The molecule has 0 radical (unpaired) electrons. The third-order valence-corrected chi connectivity index (χ3v) is 8.75. The van der Waals surface area contributed by atoms with Crippen LogP contribution in [0.25, 0.3) is 10.9 Å². The number of benzene rings is 2. The molecule has 3 heterocycles. The Labute approximate surface area is 212 Å². The van der Waals surface area contributed by atoms with Crippen LogP contribution in [0.15, 0.2) is 53.4 Å². The third kappa shape index (κ3) is 5.23. The van der Waals surface area contributed by atoms with E-state index in [-0.39, 0.29) is 16.7 Å². The number of piperidine rings is 1. The van der Waals surface area contributed by atoms with Crippen molar-refractivity contribution < 1.29 is 17.9 Å². The molecule has 36 heavy (non-hydrogen) atoms. The molecule has 2 aromatic carbocycles. The number of pyridine rings is 1. The maximum atomic E-state index is 13.0. The summed E-state index contributed by atoms with van der Waals surface area (Å²) in [5.41, 5.74) is 3.81. The Hall–Kier alpha value is -3.01. The van der Waals surface area contributed by atoms with Crippen LogP contribution in [0.2, 0.25) is 0 Å². The largest absolute Gasteiger partial charge is 0.379 e. The first-order valence-corrected chi connectivity index (χ1v) is 13.9. The molecule has 0 saturated carbocycles. The average Bonchev–Trinajstić information content (AvgIpc) is 2.88. The number of rotatable bonds is 5. The zero-order valence-electron chi connectivity index (χ0n) is 20.7. The lowest BCUT2D eigenvalue weighted by molar-refractivity contribution is -0.120. The number of anilines is 2. The molecule has 1 amide bonds. The molecule has 0 unspecified atom stereocenters. The molecule has 1 atom stereocenters. The SMILES string of the molecule is Cc1cc(C)cc(NC(=O)[C@H]2CCCN(c3ccc4cc(S(=O)(=O)N5CCOCC5)ccc4n3)C2)c1. The van der Waals surface area contributed by atoms with Gasteiger partial charge in [-0.05, 0) is 80.3 Å². The highest BCUT2D eigenvalue weighted by molar-refractivity contribution is 7.89. The van der Waals surface area contributed by atoms with Gasteiger partial charge in [0, 0.05) is 37.3 Å². The number of carbonyl (C=O) groups is 1. The highest BCUT2D eigenvalue weighted by Gasteiger charge is 2.28. The van der Waals surface area contributed by atoms with Crippen molar-refractivity contribution in [2.75, 3.05) is 49.6 Å². The van der Waals surface area contributed by atoms with Crippen LogP contribution < -0.4 is 10.2 Å². The predicted molar refractivity (Wildman–Crippen MR) is 141 cm³/mol. The number of nitrogens with one attached hydrogen (secondary N) is 1. The van der Waals surface area contributed by atoms with Crippen molar-refractivity contribution in [2.24, 2.45) is 5.92 Å². The maximum absolute atomic E-state index is 13.0. The van der Waals surface area contributed by atoms with Gasteiger partial charge in [0.2, 0.25) is 15.9 Å². The molecule has 8 nitrogen and oxygen atoms in total. The Kier molecular flexibility index (Phi) is 6.96. The van der Waals surface area contributed by atoms with E-state index in [0.717, 1.165) is 52.9 Å². The molecule has 2 aliphatic rings. The van der Waals surface area contributed by atoms with Crippen LogP contribution in [0.5, 0.6) is 0 Å². The number of morpholine rings is 1. The Balaban J connectivity index is 1.31. The summed E-state index contributed by atoms with van der Waals surface area (Å²) in [5, 5.41) is 3.86. The van der Waals surface area contributed by atoms with Crippen LogP contribution >= 0.6 is 0 Å². The van der Waals surface area contributed by atoms with Gasteiger partial charge in [0.1, 0.15) is 5.82 Å². The van der Waals surface area contributed by atoms with Crippen LogP contribution in [0, 0.1) is 19.8 Å². The number of carbonyl (C=O) groups excluding carboxylic acids is 1. The van der Waals surface area contributed by atoms with Gasteiger partial charge in [-0.3, -0.25) is 4.79 Å². The van der Waals surface area contributed by atoms with E-state index < -0.39 is 10.0 Å².